The molecule has 0 spiro atoms. The van der Waals surface area contributed by atoms with E-state index in [9.17, 15) is 9.90 Å². The summed E-state index contributed by atoms with van der Waals surface area (Å²) in [5, 5.41) is 13.4. The summed E-state index contributed by atoms with van der Waals surface area (Å²) < 4.78 is 0. The summed E-state index contributed by atoms with van der Waals surface area (Å²) in [6.07, 6.45) is 1.74. The van der Waals surface area contributed by atoms with Crippen LogP contribution in [-0.4, -0.2) is 42.2 Å². The van der Waals surface area contributed by atoms with Gasteiger partial charge in [0.2, 0.25) is 0 Å². The highest BCUT2D eigenvalue weighted by Crippen LogP contribution is 2.27. The van der Waals surface area contributed by atoms with Crippen LogP contribution >= 0.6 is 0 Å². The van der Waals surface area contributed by atoms with Gasteiger partial charge in [0.1, 0.15) is 0 Å². The zero-order valence-corrected chi connectivity index (χ0v) is 10.5. The summed E-state index contributed by atoms with van der Waals surface area (Å²) in [6, 6.07) is 7.13. The monoisotopic (exact) mass is 257 g/mol. The van der Waals surface area contributed by atoms with Crippen molar-refractivity contribution in [2.75, 3.05) is 31.1 Å². The van der Waals surface area contributed by atoms with Gasteiger partial charge in [-0.05, 0) is 18.2 Å². The van der Waals surface area contributed by atoms with E-state index in [-0.39, 0.29) is 0 Å². The molecule has 1 aliphatic heterocycles. The molecule has 1 aromatic heterocycles. The molecule has 0 aliphatic carbocycles. The largest absolute Gasteiger partial charge is 0.478 e. The van der Waals surface area contributed by atoms with Crippen LogP contribution in [0.4, 0.5) is 5.69 Å². The molecule has 1 aliphatic rings. The highest BCUT2D eigenvalue weighted by molar-refractivity contribution is 5.99. The van der Waals surface area contributed by atoms with E-state index < -0.39 is 5.97 Å². The Morgan fingerprint density at radius 2 is 2.11 bits per heavy atom. The Morgan fingerprint density at radius 1 is 1.32 bits per heavy atom. The Labute approximate surface area is 110 Å². The molecule has 2 heterocycles. The summed E-state index contributed by atoms with van der Waals surface area (Å²) in [6.45, 7) is 3.56. The first-order valence-electron chi connectivity index (χ1n) is 6.33. The standard InChI is InChI=1S/C14H15N3O2/c18-14(19)11-8-10-2-1-3-16-13(10)12(9-11)17-6-4-15-5-7-17/h1-3,8-9,15H,4-7H2,(H,18,19). The van der Waals surface area contributed by atoms with Gasteiger partial charge < -0.3 is 15.3 Å². The lowest BCUT2D eigenvalue weighted by Crippen LogP contribution is -2.43. The second-order valence-electron chi connectivity index (χ2n) is 4.61. The third kappa shape index (κ3) is 2.24. The van der Waals surface area contributed by atoms with Crippen molar-refractivity contribution in [1.29, 1.82) is 0 Å². The quantitative estimate of drug-likeness (QED) is 0.850. The van der Waals surface area contributed by atoms with Crippen LogP contribution in [0.2, 0.25) is 0 Å². The molecule has 3 rings (SSSR count). The summed E-state index contributed by atoms with van der Waals surface area (Å²) in [7, 11) is 0. The minimum Gasteiger partial charge on any atom is -0.478 e. The number of fused-ring (bicyclic) bond motifs is 1. The van der Waals surface area contributed by atoms with Crippen LogP contribution in [0, 0.1) is 0 Å². The van der Waals surface area contributed by atoms with Crippen LogP contribution in [-0.2, 0) is 0 Å². The Hall–Kier alpha value is -2.14. The number of carbonyl (C=O) groups is 1. The second kappa shape index (κ2) is 4.85. The number of carboxylic acids is 1. The van der Waals surface area contributed by atoms with Crippen molar-refractivity contribution in [2.24, 2.45) is 0 Å². The summed E-state index contributed by atoms with van der Waals surface area (Å²) in [5.74, 6) is -0.901. The molecule has 2 aromatic rings. The van der Waals surface area contributed by atoms with Crippen LogP contribution in [0.5, 0.6) is 0 Å². The molecule has 1 aromatic carbocycles. The molecule has 5 heteroatoms. The van der Waals surface area contributed by atoms with Gasteiger partial charge in [-0.1, -0.05) is 6.07 Å². The Bertz CT molecular complexity index is 621. The van der Waals surface area contributed by atoms with Crippen molar-refractivity contribution < 1.29 is 9.90 Å². The van der Waals surface area contributed by atoms with Gasteiger partial charge in [-0.25, -0.2) is 4.79 Å². The lowest BCUT2D eigenvalue weighted by Gasteiger charge is -2.30. The van der Waals surface area contributed by atoms with Gasteiger partial charge >= 0.3 is 5.97 Å². The molecular formula is C14H15N3O2. The molecule has 19 heavy (non-hydrogen) atoms. The molecule has 1 fully saturated rings. The minimum absolute atomic E-state index is 0.314. The molecule has 0 radical (unpaired) electrons. The zero-order valence-electron chi connectivity index (χ0n) is 10.5. The van der Waals surface area contributed by atoms with Crippen LogP contribution in [0.3, 0.4) is 0 Å². The van der Waals surface area contributed by atoms with Gasteiger partial charge in [0.15, 0.2) is 0 Å². The molecular weight excluding hydrogens is 242 g/mol. The van der Waals surface area contributed by atoms with Crippen LogP contribution in [0.15, 0.2) is 30.5 Å². The first-order chi connectivity index (χ1) is 9.25. The Kier molecular flexibility index (Phi) is 3.05. The SMILES string of the molecule is O=C(O)c1cc(N2CCNCC2)c2ncccc2c1. The summed E-state index contributed by atoms with van der Waals surface area (Å²) >= 11 is 0. The van der Waals surface area contributed by atoms with Gasteiger partial charge in [0.25, 0.3) is 0 Å². The molecule has 5 nitrogen and oxygen atoms in total. The molecule has 1 saturated heterocycles. The molecule has 0 saturated carbocycles. The normalized spacial score (nSPS) is 15.7. The average molecular weight is 257 g/mol. The zero-order chi connectivity index (χ0) is 13.2. The van der Waals surface area contributed by atoms with E-state index in [4.69, 9.17) is 0 Å². The Morgan fingerprint density at radius 3 is 2.84 bits per heavy atom. The first kappa shape index (κ1) is 11.9. The van der Waals surface area contributed by atoms with Crippen molar-refractivity contribution in [3.8, 4) is 0 Å². The topological polar surface area (TPSA) is 65.5 Å². The van der Waals surface area contributed by atoms with Crippen molar-refractivity contribution in [1.82, 2.24) is 10.3 Å². The van der Waals surface area contributed by atoms with E-state index in [1.54, 1.807) is 18.3 Å². The molecule has 0 amide bonds. The van der Waals surface area contributed by atoms with E-state index in [2.05, 4.69) is 15.2 Å². The molecule has 2 N–H and O–H groups in total. The number of carboxylic acid groups (broad SMARTS) is 1. The third-order valence-electron chi connectivity index (χ3n) is 3.39. The Balaban J connectivity index is 2.16. The predicted octanol–water partition coefficient (Wildman–Crippen LogP) is 1.34. The van der Waals surface area contributed by atoms with Crippen LogP contribution < -0.4 is 10.2 Å². The van der Waals surface area contributed by atoms with Gasteiger partial charge in [-0.15, -0.1) is 0 Å². The molecule has 0 unspecified atom stereocenters. The van der Waals surface area contributed by atoms with Crippen LogP contribution in [0.1, 0.15) is 10.4 Å². The fourth-order valence-electron chi connectivity index (χ4n) is 2.44. The third-order valence-corrected chi connectivity index (χ3v) is 3.39. The van der Waals surface area contributed by atoms with Crippen molar-refractivity contribution >= 4 is 22.6 Å². The van der Waals surface area contributed by atoms with Crippen molar-refractivity contribution in [2.45, 2.75) is 0 Å². The van der Waals surface area contributed by atoms with Crippen LogP contribution in [0.25, 0.3) is 10.9 Å². The average Bonchev–Trinajstić information content (AvgIpc) is 2.47. The van der Waals surface area contributed by atoms with E-state index in [0.29, 0.717) is 5.56 Å². The number of rotatable bonds is 2. The lowest BCUT2D eigenvalue weighted by atomic mass is 10.1. The van der Waals surface area contributed by atoms with E-state index in [0.717, 1.165) is 42.8 Å². The first-order valence-corrected chi connectivity index (χ1v) is 6.33. The van der Waals surface area contributed by atoms with Gasteiger partial charge in [0, 0.05) is 37.8 Å². The summed E-state index contributed by atoms with van der Waals surface area (Å²) in [4.78, 5) is 17.8. The number of nitrogens with zero attached hydrogens (tertiary/aromatic N) is 2. The molecule has 0 bridgehead atoms. The molecule has 0 atom stereocenters. The number of hydrogen-bond donors (Lipinski definition) is 2. The fourth-order valence-corrected chi connectivity index (χ4v) is 2.44. The van der Waals surface area contributed by atoms with E-state index >= 15 is 0 Å². The number of piperazine rings is 1. The van der Waals surface area contributed by atoms with Gasteiger partial charge in [-0.3, -0.25) is 4.98 Å². The maximum absolute atomic E-state index is 11.2. The maximum Gasteiger partial charge on any atom is 0.335 e. The maximum atomic E-state index is 11.2. The number of hydrogen-bond acceptors (Lipinski definition) is 4. The highest BCUT2D eigenvalue weighted by Gasteiger charge is 2.16. The number of aromatic nitrogens is 1. The second-order valence-corrected chi connectivity index (χ2v) is 4.61. The van der Waals surface area contributed by atoms with E-state index in [1.165, 1.54) is 0 Å². The highest BCUT2D eigenvalue weighted by atomic mass is 16.4. The number of anilines is 1. The fraction of sp³-hybridized carbons (Fsp3) is 0.286. The number of benzene rings is 1. The minimum atomic E-state index is -0.901. The molecule has 98 valence electrons. The number of pyridine rings is 1. The lowest BCUT2D eigenvalue weighted by molar-refractivity contribution is 0.0697. The number of aromatic carboxylic acids is 1. The van der Waals surface area contributed by atoms with Crippen molar-refractivity contribution in [3.05, 3.63) is 36.0 Å². The summed E-state index contributed by atoms with van der Waals surface area (Å²) in [5.41, 5.74) is 2.10. The van der Waals surface area contributed by atoms with E-state index in [1.807, 2.05) is 12.1 Å². The predicted molar refractivity (Wildman–Crippen MR) is 73.8 cm³/mol. The van der Waals surface area contributed by atoms with Gasteiger partial charge in [-0.2, -0.15) is 0 Å². The number of nitrogens with one attached hydrogen (secondary N) is 1. The smallest absolute Gasteiger partial charge is 0.335 e. The van der Waals surface area contributed by atoms with Crippen molar-refractivity contribution in [3.63, 3.8) is 0 Å². The van der Waals surface area contributed by atoms with Gasteiger partial charge in [0.05, 0.1) is 16.8 Å².